The van der Waals surface area contributed by atoms with Gasteiger partial charge in [-0.05, 0) is 23.8 Å². The van der Waals surface area contributed by atoms with Gasteiger partial charge in [0.15, 0.2) is 0 Å². The van der Waals surface area contributed by atoms with Crippen molar-refractivity contribution in [3.8, 4) is 17.0 Å². The van der Waals surface area contributed by atoms with Crippen LogP contribution >= 0.6 is 0 Å². The predicted octanol–water partition coefficient (Wildman–Crippen LogP) is 2.59. The summed E-state index contributed by atoms with van der Waals surface area (Å²) in [6.07, 6.45) is 2.67. The number of alkyl halides is 2. The second-order valence-corrected chi connectivity index (χ2v) is 4.05. The number of fused-ring (bicyclic) bond motifs is 3. The Hall–Kier alpha value is -1.91. The summed E-state index contributed by atoms with van der Waals surface area (Å²) in [4.78, 5) is 0. The normalized spacial score (nSPS) is 12.7. The van der Waals surface area contributed by atoms with Gasteiger partial charge in [0, 0.05) is 30.8 Å². The average Bonchev–Trinajstić information content (AvgIpc) is 2.71. The molecule has 2 aromatic rings. The second-order valence-electron chi connectivity index (χ2n) is 4.05. The molecular formula is C12H10F2N2O. The van der Waals surface area contributed by atoms with Crippen LogP contribution in [0.3, 0.4) is 0 Å². The highest BCUT2D eigenvalue weighted by molar-refractivity contribution is 5.73. The summed E-state index contributed by atoms with van der Waals surface area (Å²) in [5, 5.41) is 4.35. The van der Waals surface area contributed by atoms with Gasteiger partial charge in [0.25, 0.3) is 0 Å². The number of nitrogens with zero attached hydrogens (tertiary/aromatic N) is 2. The first-order valence-corrected chi connectivity index (χ1v) is 5.24. The quantitative estimate of drug-likeness (QED) is 0.683. The summed E-state index contributed by atoms with van der Waals surface area (Å²) in [5.41, 5.74) is 4.05. The third-order valence-electron chi connectivity index (χ3n) is 2.84. The summed E-state index contributed by atoms with van der Waals surface area (Å²) in [6.45, 7) is -2.78. The molecule has 0 radical (unpaired) electrons. The Morgan fingerprint density at radius 3 is 2.94 bits per heavy atom. The molecule has 1 aliphatic rings. The van der Waals surface area contributed by atoms with Crippen molar-refractivity contribution in [2.24, 2.45) is 7.05 Å². The van der Waals surface area contributed by atoms with Crippen LogP contribution in [0.4, 0.5) is 8.78 Å². The lowest BCUT2D eigenvalue weighted by Gasteiger charge is -2.06. The van der Waals surface area contributed by atoms with Gasteiger partial charge in [0.1, 0.15) is 5.75 Å². The standard InChI is InChI=1S/C12H10F2N2O/c1-16-6-8-4-7-5-9(17-12(13)14)2-3-10(7)11(8)15-16/h2-3,5-6,12H,4H2,1H3. The lowest BCUT2D eigenvalue weighted by molar-refractivity contribution is -0.0498. The summed E-state index contributed by atoms with van der Waals surface area (Å²) in [6, 6.07) is 4.99. The Balaban J connectivity index is 1.99. The fraction of sp³-hybridized carbons (Fsp3) is 0.250. The third kappa shape index (κ3) is 1.67. The number of ether oxygens (including phenoxy) is 1. The highest BCUT2D eigenvalue weighted by atomic mass is 19.3. The van der Waals surface area contributed by atoms with Gasteiger partial charge >= 0.3 is 6.61 Å². The van der Waals surface area contributed by atoms with E-state index in [9.17, 15) is 8.78 Å². The first-order chi connectivity index (χ1) is 8.13. The van der Waals surface area contributed by atoms with Gasteiger partial charge in [-0.1, -0.05) is 0 Å². The Bertz CT molecular complexity index is 578. The monoisotopic (exact) mass is 236 g/mol. The lowest BCUT2D eigenvalue weighted by atomic mass is 10.1. The Morgan fingerprint density at radius 2 is 2.18 bits per heavy atom. The van der Waals surface area contributed by atoms with E-state index in [-0.39, 0.29) is 5.75 Å². The Morgan fingerprint density at radius 1 is 1.35 bits per heavy atom. The number of aryl methyl sites for hydroxylation is 1. The van der Waals surface area contributed by atoms with Crippen LogP contribution in [-0.2, 0) is 13.5 Å². The maximum absolute atomic E-state index is 12.1. The van der Waals surface area contributed by atoms with Crippen LogP contribution in [0.1, 0.15) is 11.1 Å². The van der Waals surface area contributed by atoms with Crippen LogP contribution in [0, 0.1) is 0 Å². The van der Waals surface area contributed by atoms with Crippen molar-refractivity contribution in [2.75, 3.05) is 0 Å². The lowest BCUT2D eigenvalue weighted by Crippen LogP contribution is -2.02. The minimum absolute atomic E-state index is 0.202. The molecule has 1 aromatic heterocycles. The van der Waals surface area contributed by atoms with E-state index in [1.807, 2.05) is 13.2 Å². The number of rotatable bonds is 2. The SMILES string of the molecule is Cn1cc2c(n1)-c1ccc(OC(F)F)cc1C2. The predicted molar refractivity (Wildman–Crippen MR) is 58.1 cm³/mol. The van der Waals surface area contributed by atoms with Crippen molar-refractivity contribution >= 4 is 0 Å². The molecule has 0 fully saturated rings. The zero-order chi connectivity index (χ0) is 12.0. The molecule has 0 saturated heterocycles. The maximum atomic E-state index is 12.1. The van der Waals surface area contributed by atoms with Crippen molar-refractivity contribution in [2.45, 2.75) is 13.0 Å². The summed E-state index contributed by atoms with van der Waals surface area (Å²) >= 11 is 0. The molecule has 0 spiro atoms. The zero-order valence-electron chi connectivity index (χ0n) is 9.15. The van der Waals surface area contributed by atoms with E-state index >= 15 is 0 Å². The molecule has 3 rings (SSSR count). The fourth-order valence-electron chi connectivity index (χ4n) is 2.22. The number of hydrogen-bond donors (Lipinski definition) is 0. The van der Waals surface area contributed by atoms with Crippen LogP contribution in [0.25, 0.3) is 11.3 Å². The summed E-state index contributed by atoms with van der Waals surface area (Å²) < 4.78 is 30.3. The van der Waals surface area contributed by atoms with Crippen LogP contribution in [0.5, 0.6) is 5.75 Å². The zero-order valence-corrected chi connectivity index (χ0v) is 9.15. The Labute approximate surface area is 96.6 Å². The van der Waals surface area contributed by atoms with Gasteiger partial charge < -0.3 is 4.74 Å². The largest absolute Gasteiger partial charge is 0.435 e. The molecular weight excluding hydrogens is 226 g/mol. The van der Waals surface area contributed by atoms with E-state index < -0.39 is 6.61 Å². The molecule has 0 N–H and O–H groups in total. The van der Waals surface area contributed by atoms with E-state index in [0.717, 1.165) is 28.8 Å². The topological polar surface area (TPSA) is 27.1 Å². The van der Waals surface area contributed by atoms with Crippen molar-refractivity contribution in [1.82, 2.24) is 9.78 Å². The minimum atomic E-state index is -2.78. The van der Waals surface area contributed by atoms with Gasteiger partial charge in [0.05, 0.1) is 5.69 Å². The third-order valence-corrected chi connectivity index (χ3v) is 2.84. The van der Waals surface area contributed by atoms with Crippen molar-refractivity contribution < 1.29 is 13.5 Å². The number of hydrogen-bond acceptors (Lipinski definition) is 2. The summed E-state index contributed by atoms with van der Waals surface area (Å²) in [5.74, 6) is 0.202. The second kappa shape index (κ2) is 3.55. The molecule has 0 amide bonds. The first-order valence-electron chi connectivity index (χ1n) is 5.24. The van der Waals surface area contributed by atoms with Crippen LogP contribution in [0.15, 0.2) is 24.4 Å². The molecule has 0 aliphatic heterocycles. The van der Waals surface area contributed by atoms with E-state index in [1.54, 1.807) is 22.9 Å². The summed E-state index contributed by atoms with van der Waals surface area (Å²) in [7, 11) is 1.87. The fourth-order valence-corrected chi connectivity index (χ4v) is 2.22. The number of benzene rings is 1. The molecule has 5 heteroatoms. The molecule has 0 bridgehead atoms. The molecule has 88 valence electrons. The van der Waals surface area contributed by atoms with Crippen LogP contribution in [0.2, 0.25) is 0 Å². The first kappa shape index (κ1) is 10.3. The maximum Gasteiger partial charge on any atom is 0.387 e. The molecule has 0 unspecified atom stereocenters. The molecule has 1 aromatic carbocycles. The van der Waals surface area contributed by atoms with E-state index in [0.29, 0.717) is 0 Å². The van der Waals surface area contributed by atoms with Gasteiger partial charge in [-0.3, -0.25) is 4.68 Å². The average molecular weight is 236 g/mol. The van der Waals surface area contributed by atoms with E-state index in [2.05, 4.69) is 9.84 Å². The van der Waals surface area contributed by atoms with Gasteiger partial charge in [-0.25, -0.2) is 0 Å². The molecule has 17 heavy (non-hydrogen) atoms. The van der Waals surface area contributed by atoms with Crippen molar-refractivity contribution in [3.05, 3.63) is 35.5 Å². The molecule has 3 nitrogen and oxygen atoms in total. The molecule has 0 atom stereocenters. The van der Waals surface area contributed by atoms with Gasteiger partial charge in [0.2, 0.25) is 0 Å². The smallest absolute Gasteiger partial charge is 0.387 e. The van der Waals surface area contributed by atoms with Crippen molar-refractivity contribution in [1.29, 1.82) is 0 Å². The highest BCUT2D eigenvalue weighted by Gasteiger charge is 2.22. The van der Waals surface area contributed by atoms with Crippen LogP contribution in [-0.4, -0.2) is 16.4 Å². The minimum Gasteiger partial charge on any atom is -0.435 e. The molecule has 0 saturated carbocycles. The van der Waals surface area contributed by atoms with E-state index in [1.165, 1.54) is 0 Å². The van der Waals surface area contributed by atoms with E-state index in [4.69, 9.17) is 0 Å². The molecule has 1 aliphatic carbocycles. The number of aromatic nitrogens is 2. The Kier molecular flexibility index (Phi) is 2.14. The van der Waals surface area contributed by atoms with Crippen LogP contribution < -0.4 is 4.74 Å². The van der Waals surface area contributed by atoms with Gasteiger partial charge in [-0.2, -0.15) is 13.9 Å². The van der Waals surface area contributed by atoms with Crippen molar-refractivity contribution in [3.63, 3.8) is 0 Å². The highest BCUT2D eigenvalue weighted by Crippen LogP contribution is 2.37. The molecule has 1 heterocycles. The number of halogens is 2. The van der Waals surface area contributed by atoms with Gasteiger partial charge in [-0.15, -0.1) is 0 Å².